The van der Waals surface area contributed by atoms with E-state index in [-0.39, 0.29) is 4.75 Å². The Bertz CT molecular complexity index is 441. The molecular weight excluding hydrogens is 268 g/mol. The molecule has 0 bridgehead atoms. The van der Waals surface area contributed by atoms with Crippen LogP contribution in [-0.2, 0) is 11.0 Å². The summed E-state index contributed by atoms with van der Waals surface area (Å²) in [6, 6.07) is 3.55. The van der Waals surface area contributed by atoms with Crippen LogP contribution in [0.1, 0.15) is 32.9 Å². The molecule has 1 unspecified atom stereocenters. The van der Waals surface area contributed by atoms with Crippen LogP contribution in [0, 0.1) is 0 Å². The van der Waals surface area contributed by atoms with Gasteiger partial charge in [-0.15, -0.1) is 0 Å². The van der Waals surface area contributed by atoms with Crippen LogP contribution in [0.5, 0.6) is 0 Å². The van der Waals surface area contributed by atoms with Gasteiger partial charge >= 0.3 is 0 Å². The summed E-state index contributed by atoms with van der Waals surface area (Å²) in [5.74, 6) is 0. The first-order chi connectivity index (χ1) is 8.39. The number of aromatic nitrogens is 1. The van der Waals surface area contributed by atoms with Gasteiger partial charge in [0.15, 0.2) is 0 Å². The van der Waals surface area contributed by atoms with E-state index in [0.29, 0.717) is 11.6 Å². The Morgan fingerprint density at radius 3 is 2.83 bits per heavy atom. The Balaban J connectivity index is 2.32. The summed E-state index contributed by atoms with van der Waals surface area (Å²) in [5.41, 5.74) is 0.833. The molecule has 1 heterocycles. The zero-order valence-electron chi connectivity index (χ0n) is 10.9. The van der Waals surface area contributed by atoms with E-state index in [4.69, 9.17) is 11.6 Å². The van der Waals surface area contributed by atoms with E-state index >= 15 is 0 Å². The third kappa shape index (κ3) is 5.76. The molecule has 1 atom stereocenters. The maximum atomic E-state index is 11.7. The van der Waals surface area contributed by atoms with Gasteiger partial charge < -0.3 is 0 Å². The predicted molar refractivity (Wildman–Crippen MR) is 78.8 cm³/mol. The molecule has 3 nitrogen and oxygen atoms in total. The van der Waals surface area contributed by atoms with Crippen LogP contribution in [0.25, 0.3) is 6.08 Å². The second kappa shape index (κ2) is 7.02. The summed E-state index contributed by atoms with van der Waals surface area (Å²) in [4.78, 5) is 4.16. The molecule has 0 amide bonds. The molecule has 0 fully saturated rings. The number of pyridine rings is 1. The Morgan fingerprint density at radius 1 is 1.50 bits per heavy atom. The molecule has 100 valence electrons. The fourth-order valence-electron chi connectivity index (χ4n) is 1.17. The fraction of sp³-hybridized carbons (Fsp3) is 0.462. The van der Waals surface area contributed by atoms with E-state index in [9.17, 15) is 4.21 Å². The molecule has 0 aromatic carbocycles. The molecular formula is C13H19ClN2OS. The highest BCUT2D eigenvalue weighted by molar-refractivity contribution is 7.84. The van der Waals surface area contributed by atoms with Gasteiger partial charge in [-0.1, -0.05) is 17.7 Å². The minimum Gasteiger partial charge on any atom is -0.257 e. The zero-order chi connectivity index (χ0) is 13.6. The molecule has 0 radical (unpaired) electrons. The minimum atomic E-state index is -1.01. The predicted octanol–water partition coefficient (Wildman–Crippen LogP) is 3.19. The van der Waals surface area contributed by atoms with Crippen molar-refractivity contribution in [3.8, 4) is 0 Å². The lowest BCUT2D eigenvalue weighted by Crippen LogP contribution is -2.33. The number of nitrogens with one attached hydrogen (secondary N) is 1. The number of halogens is 1. The normalized spacial score (nSPS) is 14.0. The molecule has 0 saturated heterocycles. The van der Waals surface area contributed by atoms with Crippen LogP contribution in [0.4, 0.5) is 0 Å². The third-order valence-corrected chi connectivity index (χ3v) is 3.95. The molecule has 5 heteroatoms. The Hall–Kier alpha value is -0.710. The van der Waals surface area contributed by atoms with E-state index in [0.717, 1.165) is 12.1 Å². The molecule has 0 aliphatic rings. The van der Waals surface area contributed by atoms with Crippen LogP contribution < -0.4 is 4.72 Å². The average molecular weight is 287 g/mol. The highest BCUT2D eigenvalue weighted by Gasteiger charge is 2.18. The van der Waals surface area contributed by atoms with Crippen LogP contribution in [0.15, 0.2) is 24.4 Å². The largest absolute Gasteiger partial charge is 0.257 e. The summed E-state index contributed by atoms with van der Waals surface area (Å²) >= 11 is 5.85. The molecule has 0 aliphatic heterocycles. The van der Waals surface area contributed by atoms with E-state index < -0.39 is 11.0 Å². The fourth-order valence-corrected chi connectivity index (χ4v) is 2.07. The van der Waals surface area contributed by atoms with Gasteiger partial charge in [-0.05, 0) is 45.4 Å². The van der Waals surface area contributed by atoms with Crippen molar-refractivity contribution < 1.29 is 4.21 Å². The molecule has 0 spiro atoms. The number of rotatable bonds is 5. The van der Waals surface area contributed by atoms with Gasteiger partial charge in [-0.25, -0.2) is 8.93 Å². The van der Waals surface area contributed by atoms with Crippen molar-refractivity contribution in [2.45, 2.75) is 31.9 Å². The number of hydrogen-bond acceptors (Lipinski definition) is 2. The van der Waals surface area contributed by atoms with Crippen molar-refractivity contribution in [1.82, 2.24) is 9.71 Å². The van der Waals surface area contributed by atoms with Gasteiger partial charge in [0.1, 0.15) is 0 Å². The summed E-state index contributed by atoms with van der Waals surface area (Å²) in [6.45, 7) is 6.52. The Morgan fingerprint density at radius 2 is 2.22 bits per heavy atom. The van der Waals surface area contributed by atoms with E-state index in [2.05, 4.69) is 9.71 Å². The molecule has 0 aliphatic carbocycles. The summed E-state index contributed by atoms with van der Waals surface area (Å²) in [6.07, 6.45) is 6.38. The average Bonchev–Trinajstić information content (AvgIpc) is 2.27. The summed E-state index contributed by atoms with van der Waals surface area (Å²) in [5, 5.41) is 0.677. The van der Waals surface area contributed by atoms with Crippen molar-refractivity contribution in [2.24, 2.45) is 0 Å². The molecule has 1 aromatic heterocycles. The Kier molecular flexibility index (Phi) is 5.99. The van der Waals surface area contributed by atoms with Crippen molar-refractivity contribution in [2.75, 3.05) is 6.54 Å². The third-order valence-electron chi connectivity index (χ3n) is 2.13. The topological polar surface area (TPSA) is 42.0 Å². The van der Waals surface area contributed by atoms with Crippen LogP contribution in [0.2, 0.25) is 5.02 Å². The molecule has 0 saturated carbocycles. The number of nitrogens with zero attached hydrogens (tertiary/aromatic N) is 1. The molecule has 1 rings (SSSR count). The van der Waals surface area contributed by atoms with Crippen molar-refractivity contribution >= 4 is 28.7 Å². The lowest BCUT2D eigenvalue weighted by Gasteiger charge is -2.17. The first-order valence-electron chi connectivity index (χ1n) is 5.83. The second-order valence-corrected chi connectivity index (χ2v) is 7.35. The SMILES string of the molecule is CC(C)(C)S(=O)NCCC=Cc1cc(Cl)ccn1. The van der Waals surface area contributed by atoms with Gasteiger partial charge in [0.2, 0.25) is 0 Å². The quantitative estimate of drug-likeness (QED) is 0.845. The highest BCUT2D eigenvalue weighted by atomic mass is 35.5. The van der Waals surface area contributed by atoms with Gasteiger partial charge in [0, 0.05) is 17.8 Å². The molecule has 1 aromatic rings. The molecule has 18 heavy (non-hydrogen) atoms. The van der Waals surface area contributed by atoms with Gasteiger partial charge in [-0.3, -0.25) is 4.98 Å². The minimum absolute atomic E-state index is 0.224. The first kappa shape index (κ1) is 15.3. The van der Waals surface area contributed by atoms with E-state index in [1.54, 1.807) is 18.3 Å². The lowest BCUT2D eigenvalue weighted by molar-refractivity contribution is 0.635. The lowest BCUT2D eigenvalue weighted by atomic mass is 10.3. The maximum absolute atomic E-state index is 11.7. The van der Waals surface area contributed by atoms with E-state index in [1.807, 2.05) is 32.9 Å². The summed E-state index contributed by atoms with van der Waals surface area (Å²) < 4.78 is 14.5. The second-order valence-electron chi connectivity index (χ2n) is 4.87. The maximum Gasteiger partial charge on any atom is 0.0970 e. The van der Waals surface area contributed by atoms with Crippen LogP contribution in [-0.4, -0.2) is 20.5 Å². The smallest absolute Gasteiger partial charge is 0.0970 e. The number of hydrogen-bond donors (Lipinski definition) is 1. The highest BCUT2D eigenvalue weighted by Crippen LogP contribution is 2.10. The van der Waals surface area contributed by atoms with Crippen molar-refractivity contribution in [3.05, 3.63) is 35.1 Å². The Labute approximate surface area is 116 Å². The summed E-state index contributed by atoms with van der Waals surface area (Å²) in [7, 11) is -1.01. The standard InChI is InChI=1S/C13H19ClN2OS/c1-13(2,3)18(17)16-8-5-4-6-12-10-11(14)7-9-15-12/h4,6-7,9-10,16H,5,8H2,1-3H3. The first-order valence-corrected chi connectivity index (χ1v) is 7.36. The van der Waals surface area contributed by atoms with Crippen molar-refractivity contribution in [3.63, 3.8) is 0 Å². The zero-order valence-corrected chi connectivity index (χ0v) is 12.5. The van der Waals surface area contributed by atoms with E-state index in [1.165, 1.54) is 0 Å². The van der Waals surface area contributed by atoms with Gasteiger partial charge in [-0.2, -0.15) is 0 Å². The molecule has 1 N–H and O–H groups in total. The van der Waals surface area contributed by atoms with Gasteiger partial charge in [0.25, 0.3) is 0 Å². The monoisotopic (exact) mass is 286 g/mol. The van der Waals surface area contributed by atoms with Crippen LogP contribution in [0.3, 0.4) is 0 Å². The van der Waals surface area contributed by atoms with Gasteiger partial charge in [0.05, 0.1) is 21.4 Å². The van der Waals surface area contributed by atoms with Crippen molar-refractivity contribution in [1.29, 1.82) is 0 Å². The van der Waals surface area contributed by atoms with Crippen LogP contribution >= 0.6 is 11.6 Å².